The van der Waals surface area contributed by atoms with Crippen LogP contribution in [0.3, 0.4) is 0 Å². The third-order valence-corrected chi connectivity index (χ3v) is 1.35. The van der Waals surface area contributed by atoms with Gasteiger partial charge in [0.05, 0.1) is 2.49 Å². The minimum atomic E-state index is 1.18. The van der Waals surface area contributed by atoms with E-state index in [-0.39, 0.29) is 0 Å². The van der Waals surface area contributed by atoms with Crippen molar-refractivity contribution < 1.29 is 0 Å². The van der Waals surface area contributed by atoms with Crippen molar-refractivity contribution in [2.24, 2.45) is 0 Å². The van der Waals surface area contributed by atoms with E-state index >= 15 is 0 Å². The van der Waals surface area contributed by atoms with Crippen molar-refractivity contribution in [3.8, 4) is 0 Å². The van der Waals surface area contributed by atoms with E-state index in [1.54, 1.807) is 0 Å². The molecule has 2 heteroatoms. The van der Waals surface area contributed by atoms with Crippen LogP contribution in [-0.2, 0) is 0 Å². The van der Waals surface area contributed by atoms with E-state index in [0.29, 0.717) is 0 Å². The molecular formula is C5H8BrI. The van der Waals surface area contributed by atoms with Gasteiger partial charge in [-0.05, 0) is 44.9 Å². The van der Waals surface area contributed by atoms with Crippen LogP contribution in [0.1, 0.15) is 19.8 Å². The van der Waals surface area contributed by atoms with E-state index in [1.165, 1.54) is 15.3 Å². The first kappa shape index (κ1) is 7.95. The molecule has 42 valence electrons. The van der Waals surface area contributed by atoms with E-state index < -0.39 is 0 Å². The minimum absolute atomic E-state index is 1.18. The van der Waals surface area contributed by atoms with Crippen LogP contribution in [-0.4, -0.2) is 0 Å². The molecule has 0 N–H and O–H groups in total. The molecule has 0 atom stereocenters. The summed E-state index contributed by atoms with van der Waals surface area (Å²) in [6.07, 6.45) is 4.59. The Labute approximate surface area is 66.6 Å². The SMILES string of the molecule is CCC/C=C(/Br)I. The third-order valence-electron chi connectivity index (χ3n) is 0.587. The summed E-state index contributed by atoms with van der Waals surface area (Å²) in [5, 5.41) is 0. The highest BCUT2D eigenvalue weighted by Crippen LogP contribution is 2.14. The molecule has 0 bridgehead atoms. The highest BCUT2D eigenvalue weighted by molar-refractivity contribution is 14.1. The van der Waals surface area contributed by atoms with Gasteiger partial charge in [0.2, 0.25) is 0 Å². The lowest BCUT2D eigenvalue weighted by Gasteiger charge is -1.81. The number of allylic oxidation sites excluding steroid dienone is 1. The number of unbranched alkanes of at least 4 members (excludes halogenated alkanes) is 1. The summed E-state index contributed by atoms with van der Waals surface area (Å²) in [5.41, 5.74) is 0. The van der Waals surface area contributed by atoms with Gasteiger partial charge in [0.15, 0.2) is 0 Å². The minimum Gasteiger partial charge on any atom is -0.0651 e. The molecule has 0 aliphatic heterocycles. The zero-order chi connectivity index (χ0) is 5.70. The summed E-state index contributed by atoms with van der Waals surface area (Å²) >= 11 is 5.57. The third kappa shape index (κ3) is 6.95. The molecule has 0 unspecified atom stereocenters. The standard InChI is InChI=1S/C5H8BrI/c1-2-3-4-5(6)7/h4H,2-3H2,1H3/b5-4-. The van der Waals surface area contributed by atoms with Crippen molar-refractivity contribution in [1.82, 2.24) is 0 Å². The lowest BCUT2D eigenvalue weighted by atomic mass is 10.3. The molecular weight excluding hydrogens is 267 g/mol. The molecule has 0 aromatic rings. The monoisotopic (exact) mass is 274 g/mol. The van der Waals surface area contributed by atoms with Gasteiger partial charge in [-0.25, -0.2) is 0 Å². The van der Waals surface area contributed by atoms with E-state index in [9.17, 15) is 0 Å². The van der Waals surface area contributed by atoms with Gasteiger partial charge in [-0.15, -0.1) is 0 Å². The Kier molecular flexibility index (Phi) is 5.79. The quantitative estimate of drug-likeness (QED) is 0.677. The maximum absolute atomic E-state index is 3.32. The molecule has 0 saturated heterocycles. The van der Waals surface area contributed by atoms with Gasteiger partial charge < -0.3 is 0 Å². The Bertz CT molecular complexity index is 64.5. The fraction of sp³-hybridized carbons (Fsp3) is 0.600. The van der Waals surface area contributed by atoms with Gasteiger partial charge in [0.1, 0.15) is 0 Å². The average Bonchev–Trinajstić information content (AvgIpc) is 1.61. The predicted molar refractivity (Wildman–Crippen MR) is 45.9 cm³/mol. The molecule has 0 aromatic carbocycles. The normalized spacial score (nSPS) is 12.1. The maximum Gasteiger partial charge on any atom is 0.0519 e. The lowest BCUT2D eigenvalue weighted by Crippen LogP contribution is -1.58. The molecule has 0 fully saturated rings. The highest BCUT2D eigenvalue weighted by Gasteiger charge is 1.77. The Morgan fingerprint density at radius 2 is 2.43 bits per heavy atom. The smallest absolute Gasteiger partial charge is 0.0519 e. The Morgan fingerprint density at radius 1 is 1.86 bits per heavy atom. The first-order valence-electron chi connectivity index (χ1n) is 2.28. The molecule has 0 rings (SSSR count). The fourth-order valence-corrected chi connectivity index (χ4v) is 0.794. The van der Waals surface area contributed by atoms with Crippen LogP contribution >= 0.6 is 38.5 Å². The highest BCUT2D eigenvalue weighted by atomic mass is 127. The first-order valence-corrected chi connectivity index (χ1v) is 4.15. The van der Waals surface area contributed by atoms with Gasteiger partial charge in [0, 0.05) is 0 Å². The Hall–Kier alpha value is 0.950. The molecule has 0 heterocycles. The van der Waals surface area contributed by atoms with Gasteiger partial charge >= 0.3 is 0 Å². The van der Waals surface area contributed by atoms with Crippen molar-refractivity contribution >= 4 is 38.5 Å². The number of hydrogen-bond acceptors (Lipinski definition) is 0. The molecule has 0 saturated carbocycles. The second-order valence-corrected chi connectivity index (χ2v) is 4.78. The fourth-order valence-electron chi connectivity index (χ4n) is 0.253. The number of halogens is 2. The summed E-state index contributed by atoms with van der Waals surface area (Å²) in [6, 6.07) is 0. The summed E-state index contributed by atoms with van der Waals surface area (Å²) in [4.78, 5) is 0. The molecule has 0 aromatic heterocycles. The van der Waals surface area contributed by atoms with E-state index in [0.717, 1.165) is 0 Å². The summed E-state index contributed by atoms with van der Waals surface area (Å²) in [7, 11) is 0. The summed E-state index contributed by atoms with van der Waals surface area (Å²) in [6.45, 7) is 2.17. The van der Waals surface area contributed by atoms with Gasteiger partial charge in [-0.1, -0.05) is 19.4 Å². The topological polar surface area (TPSA) is 0 Å². The second kappa shape index (κ2) is 5.09. The van der Waals surface area contributed by atoms with Gasteiger partial charge in [-0.3, -0.25) is 0 Å². The van der Waals surface area contributed by atoms with Crippen LogP contribution in [0, 0.1) is 0 Å². The zero-order valence-corrected chi connectivity index (χ0v) is 7.99. The van der Waals surface area contributed by atoms with Crippen molar-refractivity contribution in [2.45, 2.75) is 19.8 Å². The molecule has 0 radical (unpaired) electrons. The molecule has 7 heavy (non-hydrogen) atoms. The van der Waals surface area contributed by atoms with Crippen LogP contribution in [0.2, 0.25) is 0 Å². The van der Waals surface area contributed by atoms with Crippen molar-refractivity contribution in [3.63, 3.8) is 0 Å². The average molecular weight is 275 g/mol. The van der Waals surface area contributed by atoms with Crippen LogP contribution in [0.5, 0.6) is 0 Å². The van der Waals surface area contributed by atoms with E-state index in [2.05, 4.69) is 51.5 Å². The zero-order valence-electron chi connectivity index (χ0n) is 4.25. The van der Waals surface area contributed by atoms with E-state index in [1.807, 2.05) is 0 Å². The van der Waals surface area contributed by atoms with Crippen LogP contribution < -0.4 is 0 Å². The molecule has 0 amide bonds. The lowest BCUT2D eigenvalue weighted by molar-refractivity contribution is 0.960. The van der Waals surface area contributed by atoms with E-state index in [4.69, 9.17) is 0 Å². The maximum atomic E-state index is 3.32. The van der Waals surface area contributed by atoms with Crippen molar-refractivity contribution in [2.75, 3.05) is 0 Å². The van der Waals surface area contributed by atoms with Crippen LogP contribution in [0.15, 0.2) is 8.57 Å². The summed E-state index contributed by atoms with van der Waals surface area (Å²) in [5.74, 6) is 0. The Balaban J connectivity index is 3.08. The molecule has 0 nitrogen and oxygen atoms in total. The molecule has 0 spiro atoms. The van der Waals surface area contributed by atoms with Gasteiger partial charge in [-0.2, -0.15) is 0 Å². The predicted octanol–water partition coefficient (Wildman–Crippen LogP) is 3.46. The van der Waals surface area contributed by atoms with Gasteiger partial charge in [0.25, 0.3) is 0 Å². The van der Waals surface area contributed by atoms with Crippen LogP contribution in [0.25, 0.3) is 0 Å². The second-order valence-electron chi connectivity index (χ2n) is 1.28. The molecule has 0 aliphatic carbocycles. The number of rotatable bonds is 2. The Morgan fingerprint density at radius 3 is 2.57 bits per heavy atom. The van der Waals surface area contributed by atoms with Crippen molar-refractivity contribution in [1.29, 1.82) is 0 Å². The largest absolute Gasteiger partial charge is 0.0651 e. The molecule has 0 aliphatic rings. The van der Waals surface area contributed by atoms with Crippen LogP contribution in [0.4, 0.5) is 0 Å². The first-order chi connectivity index (χ1) is 3.27. The number of hydrogen-bond donors (Lipinski definition) is 0. The van der Waals surface area contributed by atoms with Crippen molar-refractivity contribution in [3.05, 3.63) is 8.57 Å². The summed E-state index contributed by atoms with van der Waals surface area (Å²) < 4.78 is 1.21.